The number of halogens is 2. The van der Waals surface area contributed by atoms with Crippen molar-refractivity contribution in [3.8, 4) is 0 Å². The molecule has 1 aliphatic heterocycles. The highest BCUT2D eigenvalue weighted by Crippen LogP contribution is 2.29. The van der Waals surface area contributed by atoms with Gasteiger partial charge in [0.1, 0.15) is 0 Å². The summed E-state index contributed by atoms with van der Waals surface area (Å²) in [5.41, 5.74) is 0. The van der Waals surface area contributed by atoms with Gasteiger partial charge in [-0.25, -0.2) is 8.78 Å². The number of alkyl halides is 2. The Morgan fingerprint density at radius 1 is 1.50 bits per heavy atom. The van der Waals surface area contributed by atoms with Crippen LogP contribution in [0, 0.1) is 5.92 Å². The fraction of sp³-hybridized carbons (Fsp3) is 1.00. The Kier molecular flexibility index (Phi) is 5.33. The Morgan fingerprint density at radius 2 is 2.08 bits per heavy atom. The van der Waals surface area contributed by atoms with E-state index in [1.165, 1.54) is 0 Å². The second kappa shape index (κ2) is 5.43. The molecule has 74 valence electrons. The third-order valence-electron chi connectivity index (χ3n) is 1.84. The number of aliphatic hydroxyl groups is 1. The van der Waals surface area contributed by atoms with Crippen LogP contribution in [0.4, 0.5) is 8.78 Å². The minimum atomic E-state index is -2.67. The number of hydrogen-bond acceptors (Lipinski definition) is 2. The van der Waals surface area contributed by atoms with Crippen LogP contribution in [0.15, 0.2) is 0 Å². The van der Waals surface area contributed by atoms with Gasteiger partial charge >= 0.3 is 0 Å². The van der Waals surface area contributed by atoms with Gasteiger partial charge in [-0.3, -0.25) is 0 Å². The standard InChI is InChI=1S/C6H11F2NO.C2H6/c7-6(8)1-2-9-3-5(6)4-10;1-2/h5,9-10H,1-4H2;1-2H3. The van der Waals surface area contributed by atoms with E-state index in [1.54, 1.807) is 0 Å². The van der Waals surface area contributed by atoms with Gasteiger partial charge in [-0.05, 0) is 0 Å². The molecule has 0 spiro atoms. The lowest BCUT2D eigenvalue weighted by atomic mass is 9.96. The largest absolute Gasteiger partial charge is 0.396 e. The molecule has 1 unspecified atom stereocenters. The third-order valence-corrected chi connectivity index (χ3v) is 1.84. The molecule has 0 bridgehead atoms. The Labute approximate surface area is 72.0 Å². The van der Waals surface area contributed by atoms with Crippen LogP contribution in [-0.4, -0.2) is 30.7 Å². The van der Waals surface area contributed by atoms with Gasteiger partial charge in [0.05, 0.1) is 12.5 Å². The third kappa shape index (κ3) is 3.03. The van der Waals surface area contributed by atoms with Crippen molar-refractivity contribution in [3.05, 3.63) is 0 Å². The number of piperidine rings is 1. The van der Waals surface area contributed by atoms with Gasteiger partial charge in [-0.2, -0.15) is 0 Å². The molecule has 0 aliphatic carbocycles. The summed E-state index contributed by atoms with van der Waals surface area (Å²) in [6.07, 6.45) is -0.155. The smallest absolute Gasteiger partial charge is 0.255 e. The zero-order chi connectivity index (χ0) is 9.61. The maximum Gasteiger partial charge on any atom is 0.255 e. The van der Waals surface area contributed by atoms with Gasteiger partial charge in [0.25, 0.3) is 5.92 Å². The average Bonchev–Trinajstić information content (AvgIpc) is 2.07. The van der Waals surface area contributed by atoms with E-state index in [2.05, 4.69) is 5.32 Å². The van der Waals surface area contributed by atoms with Crippen LogP contribution in [0.5, 0.6) is 0 Å². The molecule has 0 saturated carbocycles. The molecule has 1 saturated heterocycles. The van der Waals surface area contributed by atoms with Crippen LogP contribution in [0.2, 0.25) is 0 Å². The van der Waals surface area contributed by atoms with Crippen LogP contribution in [0.1, 0.15) is 20.3 Å². The van der Waals surface area contributed by atoms with E-state index >= 15 is 0 Å². The van der Waals surface area contributed by atoms with Crippen LogP contribution in [-0.2, 0) is 0 Å². The molecule has 0 aromatic heterocycles. The molecule has 1 aliphatic rings. The Balaban J connectivity index is 0.000000561. The topological polar surface area (TPSA) is 32.3 Å². The highest BCUT2D eigenvalue weighted by molar-refractivity contribution is 4.83. The first kappa shape index (κ1) is 11.8. The molecule has 0 radical (unpaired) electrons. The average molecular weight is 181 g/mol. The van der Waals surface area contributed by atoms with E-state index in [9.17, 15) is 8.78 Å². The lowest BCUT2D eigenvalue weighted by Gasteiger charge is -2.30. The van der Waals surface area contributed by atoms with Crippen molar-refractivity contribution in [2.45, 2.75) is 26.2 Å². The molecule has 2 nitrogen and oxygen atoms in total. The fourth-order valence-corrected chi connectivity index (χ4v) is 1.08. The van der Waals surface area contributed by atoms with Gasteiger partial charge in [-0.15, -0.1) is 0 Å². The summed E-state index contributed by atoms with van der Waals surface area (Å²) >= 11 is 0. The van der Waals surface area contributed by atoms with Gasteiger partial charge in [0.15, 0.2) is 0 Å². The van der Waals surface area contributed by atoms with E-state index in [0.717, 1.165) is 0 Å². The molecule has 12 heavy (non-hydrogen) atoms. The molecule has 0 aromatic carbocycles. The quantitative estimate of drug-likeness (QED) is 0.638. The van der Waals surface area contributed by atoms with Gasteiger partial charge in [0, 0.05) is 19.5 Å². The van der Waals surface area contributed by atoms with Crippen molar-refractivity contribution in [2.24, 2.45) is 5.92 Å². The predicted molar refractivity (Wildman–Crippen MR) is 44.4 cm³/mol. The summed E-state index contributed by atoms with van der Waals surface area (Å²) in [4.78, 5) is 0. The van der Waals surface area contributed by atoms with Gasteiger partial charge in [0.2, 0.25) is 0 Å². The van der Waals surface area contributed by atoms with Gasteiger partial charge in [-0.1, -0.05) is 13.8 Å². The van der Waals surface area contributed by atoms with Crippen molar-refractivity contribution in [3.63, 3.8) is 0 Å². The van der Waals surface area contributed by atoms with Crippen molar-refractivity contribution < 1.29 is 13.9 Å². The second-order valence-electron chi connectivity index (χ2n) is 2.59. The SMILES string of the molecule is CC.OCC1CNCCC1(F)F. The van der Waals surface area contributed by atoms with Gasteiger partial charge < -0.3 is 10.4 Å². The van der Waals surface area contributed by atoms with Crippen LogP contribution < -0.4 is 5.32 Å². The summed E-state index contributed by atoms with van der Waals surface area (Å²) in [7, 11) is 0. The first-order valence-corrected chi connectivity index (χ1v) is 4.36. The van der Waals surface area contributed by atoms with E-state index < -0.39 is 18.4 Å². The molecule has 1 fully saturated rings. The Morgan fingerprint density at radius 3 is 2.42 bits per heavy atom. The fourth-order valence-electron chi connectivity index (χ4n) is 1.08. The molecule has 0 amide bonds. The minimum absolute atomic E-state index is 0.155. The van der Waals surface area contributed by atoms with E-state index in [1.807, 2.05) is 13.8 Å². The zero-order valence-corrected chi connectivity index (χ0v) is 7.61. The summed E-state index contributed by atoms with van der Waals surface area (Å²) in [5, 5.41) is 11.3. The summed E-state index contributed by atoms with van der Waals surface area (Å²) in [5.74, 6) is -3.55. The molecule has 1 heterocycles. The number of nitrogens with one attached hydrogen (secondary N) is 1. The first-order valence-electron chi connectivity index (χ1n) is 4.36. The normalized spacial score (nSPS) is 27.2. The Bertz CT molecular complexity index is 120. The highest BCUT2D eigenvalue weighted by Gasteiger charge is 2.40. The number of rotatable bonds is 1. The summed E-state index contributed by atoms with van der Waals surface area (Å²) < 4.78 is 25.3. The molecule has 1 atom stereocenters. The number of hydrogen-bond donors (Lipinski definition) is 2. The zero-order valence-electron chi connectivity index (χ0n) is 7.61. The lowest BCUT2D eigenvalue weighted by Crippen LogP contribution is -2.46. The van der Waals surface area contributed by atoms with Crippen LogP contribution >= 0.6 is 0 Å². The van der Waals surface area contributed by atoms with E-state index in [-0.39, 0.29) is 13.0 Å². The maximum atomic E-state index is 12.7. The van der Waals surface area contributed by atoms with Crippen molar-refractivity contribution in [1.82, 2.24) is 5.32 Å². The van der Waals surface area contributed by atoms with Crippen molar-refractivity contribution in [1.29, 1.82) is 0 Å². The molecular formula is C8H17F2NO. The molecule has 4 heteroatoms. The summed E-state index contributed by atoms with van der Waals surface area (Å²) in [6, 6.07) is 0. The van der Waals surface area contributed by atoms with E-state index in [0.29, 0.717) is 6.54 Å². The molecule has 1 rings (SSSR count). The minimum Gasteiger partial charge on any atom is -0.396 e. The lowest BCUT2D eigenvalue weighted by molar-refractivity contribution is -0.0936. The molecule has 2 N–H and O–H groups in total. The predicted octanol–water partition coefficient (Wildman–Crippen LogP) is 1.25. The second-order valence-corrected chi connectivity index (χ2v) is 2.59. The molecular weight excluding hydrogens is 164 g/mol. The van der Waals surface area contributed by atoms with Crippen molar-refractivity contribution >= 4 is 0 Å². The van der Waals surface area contributed by atoms with Crippen LogP contribution in [0.25, 0.3) is 0 Å². The first-order chi connectivity index (χ1) is 5.67. The highest BCUT2D eigenvalue weighted by atomic mass is 19.3. The monoisotopic (exact) mass is 181 g/mol. The van der Waals surface area contributed by atoms with Crippen LogP contribution in [0.3, 0.4) is 0 Å². The van der Waals surface area contributed by atoms with Crippen molar-refractivity contribution in [2.75, 3.05) is 19.7 Å². The maximum absolute atomic E-state index is 12.7. The van der Waals surface area contributed by atoms with E-state index in [4.69, 9.17) is 5.11 Å². The Hall–Kier alpha value is -0.220. The molecule has 0 aromatic rings. The number of aliphatic hydroxyl groups excluding tert-OH is 1. The summed E-state index contributed by atoms with van der Waals surface area (Å²) in [6.45, 7) is 4.15.